The van der Waals surface area contributed by atoms with Gasteiger partial charge in [-0.05, 0) is 35.1 Å². The van der Waals surface area contributed by atoms with E-state index in [9.17, 15) is 9.59 Å². The van der Waals surface area contributed by atoms with Gasteiger partial charge < -0.3 is 10.6 Å². The van der Waals surface area contributed by atoms with E-state index in [2.05, 4.69) is 10.6 Å². The van der Waals surface area contributed by atoms with E-state index in [0.717, 1.165) is 29.2 Å². The Kier molecular flexibility index (Phi) is 5.92. The van der Waals surface area contributed by atoms with Gasteiger partial charge in [0.2, 0.25) is 11.8 Å². The molecule has 1 aliphatic rings. The summed E-state index contributed by atoms with van der Waals surface area (Å²) in [5.41, 5.74) is 0.985. The molecule has 4 nitrogen and oxygen atoms in total. The first kappa shape index (κ1) is 18.4. The molecule has 3 rings (SSSR count). The van der Waals surface area contributed by atoms with Gasteiger partial charge in [-0.3, -0.25) is 9.59 Å². The van der Waals surface area contributed by atoms with Crippen molar-refractivity contribution in [2.75, 3.05) is 0 Å². The molecule has 0 radical (unpaired) electrons. The minimum atomic E-state index is -0.488. The monoisotopic (exact) mass is 352 g/mol. The van der Waals surface area contributed by atoms with Gasteiger partial charge in [0.1, 0.15) is 6.04 Å². The van der Waals surface area contributed by atoms with E-state index < -0.39 is 6.04 Å². The van der Waals surface area contributed by atoms with Crippen molar-refractivity contribution in [3.05, 3.63) is 48.0 Å². The van der Waals surface area contributed by atoms with Gasteiger partial charge in [-0.2, -0.15) is 0 Å². The summed E-state index contributed by atoms with van der Waals surface area (Å²) in [6.45, 7) is 3.94. The molecule has 1 atom stereocenters. The van der Waals surface area contributed by atoms with Crippen molar-refractivity contribution >= 4 is 22.6 Å². The summed E-state index contributed by atoms with van der Waals surface area (Å²) in [5.74, 6) is -0.118. The van der Waals surface area contributed by atoms with E-state index >= 15 is 0 Å². The van der Waals surface area contributed by atoms with E-state index in [0.29, 0.717) is 0 Å². The van der Waals surface area contributed by atoms with E-state index in [1.165, 1.54) is 12.8 Å². The minimum Gasteiger partial charge on any atom is -0.352 e. The second-order valence-electron chi connectivity index (χ2n) is 7.59. The molecule has 0 heterocycles. The number of carbonyl (C=O) groups is 2. The maximum atomic E-state index is 12.6. The molecule has 0 aliphatic heterocycles. The van der Waals surface area contributed by atoms with E-state index in [-0.39, 0.29) is 30.2 Å². The molecule has 0 aromatic heterocycles. The average Bonchev–Trinajstić information content (AvgIpc) is 3.12. The van der Waals surface area contributed by atoms with Gasteiger partial charge >= 0.3 is 0 Å². The van der Waals surface area contributed by atoms with Crippen LogP contribution in [-0.2, 0) is 16.0 Å². The first-order valence-corrected chi connectivity index (χ1v) is 9.61. The number of rotatable bonds is 6. The second kappa shape index (κ2) is 8.35. The molecular formula is C22H28N2O2. The zero-order valence-corrected chi connectivity index (χ0v) is 15.6. The zero-order chi connectivity index (χ0) is 18.5. The molecule has 1 fully saturated rings. The summed E-state index contributed by atoms with van der Waals surface area (Å²) >= 11 is 0. The van der Waals surface area contributed by atoms with Gasteiger partial charge in [0, 0.05) is 6.04 Å². The lowest BCUT2D eigenvalue weighted by Crippen LogP contribution is -2.52. The smallest absolute Gasteiger partial charge is 0.243 e. The van der Waals surface area contributed by atoms with Crippen LogP contribution in [0.1, 0.15) is 45.1 Å². The third-order valence-corrected chi connectivity index (χ3v) is 5.20. The van der Waals surface area contributed by atoms with Crippen molar-refractivity contribution in [1.82, 2.24) is 10.6 Å². The summed E-state index contributed by atoms with van der Waals surface area (Å²) in [7, 11) is 0. The second-order valence-corrected chi connectivity index (χ2v) is 7.59. The third-order valence-electron chi connectivity index (χ3n) is 5.20. The van der Waals surface area contributed by atoms with Crippen LogP contribution in [0.2, 0.25) is 0 Å². The molecule has 0 saturated heterocycles. The highest BCUT2D eigenvalue weighted by Gasteiger charge is 2.27. The first-order valence-electron chi connectivity index (χ1n) is 9.61. The van der Waals surface area contributed by atoms with Crippen molar-refractivity contribution in [2.24, 2.45) is 5.92 Å². The molecule has 0 unspecified atom stereocenters. The van der Waals surface area contributed by atoms with Crippen molar-refractivity contribution < 1.29 is 9.59 Å². The fraction of sp³-hybridized carbons (Fsp3) is 0.455. The number of nitrogens with one attached hydrogen (secondary N) is 2. The fourth-order valence-electron chi connectivity index (χ4n) is 3.74. The van der Waals surface area contributed by atoms with Gasteiger partial charge in [0.05, 0.1) is 6.42 Å². The molecule has 2 N–H and O–H groups in total. The number of fused-ring (bicyclic) bond motifs is 1. The van der Waals surface area contributed by atoms with Crippen LogP contribution in [0, 0.1) is 5.92 Å². The van der Waals surface area contributed by atoms with Gasteiger partial charge in [-0.1, -0.05) is 69.2 Å². The van der Waals surface area contributed by atoms with Crippen LogP contribution < -0.4 is 10.6 Å². The Morgan fingerprint density at radius 3 is 2.46 bits per heavy atom. The van der Waals surface area contributed by atoms with Crippen LogP contribution in [0.25, 0.3) is 10.8 Å². The molecule has 0 spiro atoms. The van der Waals surface area contributed by atoms with Crippen LogP contribution in [0.15, 0.2) is 42.5 Å². The summed E-state index contributed by atoms with van der Waals surface area (Å²) < 4.78 is 0. The molecule has 2 aromatic carbocycles. The predicted molar refractivity (Wildman–Crippen MR) is 105 cm³/mol. The molecule has 138 valence electrons. The van der Waals surface area contributed by atoms with Gasteiger partial charge in [-0.15, -0.1) is 0 Å². The summed E-state index contributed by atoms with van der Waals surface area (Å²) in [6.07, 6.45) is 4.71. The van der Waals surface area contributed by atoms with Crippen LogP contribution in [0.3, 0.4) is 0 Å². The quantitative estimate of drug-likeness (QED) is 0.835. The van der Waals surface area contributed by atoms with Crippen molar-refractivity contribution in [3.8, 4) is 0 Å². The number of amides is 2. The molecule has 0 bridgehead atoms. The SMILES string of the molecule is CC(C)[C@H](NC(=O)Cc1cccc2ccccc12)C(=O)NC1CCCC1. The fourth-order valence-corrected chi connectivity index (χ4v) is 3.74. The highest BCUT2D eigenvalue weighted by atomic mass is 16.2. The van der Waals surface area contributed by atoms with Crippen LogP contribution in [0.5, 0.6) is 0 Å². The summed E-state index contributed by atoms with van der Waals surface area (Å²) in [4.78, 5) is 25.2. The van der Waals surface area contributed by atoms with Gasteiger partial charge in [-0.25, -0.2) is 0 Å². The van der Waals surface area contributed by atoms with Crippen molar-refractivity contribution in [2.45, 2.75) is 58.0 Å². The average molecular weight is 352 g/mol. The number of benzene rings is 2. The lowest BCUT2D eigenvalue weighted by molar-refractivity contribution is -0.130. The topological polar surface area (TPSA) is 58.2 Å². The highest BCUT2D eigenvalue weighted by molar-refractivity contribution is 5.92. The summed E-state index contributed by atoms with van der Waals surface area (Å²) in [6, 6.07) is 13.8. The lowest BCUT2D eigenvalue weighted by atomic mass is 10.00. The van der Waals surface area contributed by atoms with E-state index in [4.69, 9.17) is 0 Å². The van der Waals surface area contributed by atoms with Gasteiger partial charge in [0.15, 0.2) is 0 Å². The van der Waals surface area contributed by atoms with Crippen molar-refractivity contribution in [1.29, 1.82) is 0 Å². The molecule has 2 amide bonds. The third kappa shape index (κ3) is 4.43. The zero-order valence-electron chi connectivity index (χ0n) is 15.6. The maximum Gasteiger partial charge on any atom is 0.243 e. The molecule has 1 aliphatic carbocycles. The van der Waals surface area contributed by atoms with E-state index in [1.54, 1.807) is 0 Å². The maximum absolute atomic E-state index is 12.6. The Balaban J connectivity index is 1.66. The largest absolute Gasteiger partial charge is 0.352 e. The van der Waals surface area contributed by atoms with E-state index in [1.807, 2.05) is 56.3 Å². The minimum absolute atomic E-state index is 0.0490. The number of carbonyl (C=O) groups excluding carboxylic acids is 2. The van der Waals surface area contributed by atoms with Crippen LogP contribution >= 0.6 is 0 Å². The Labute approximate surface area is 155 Å². The molecular weight excluding hydrogens is 324 g/mol. The predicted octanol–water partition coefficient (Wildman–Crippen LogP) is 3.58. The Morgan fingerprint density at radius 1 is 1.04 bits per heavy atom. The van der Waals surface area contributed by atoms with Crippen molar-refractivity contribution in [3.63, 3.8) is 0 Å². The molecule has 2 aromatic rings. The number of hydrogen-bond acceptors (Lipinski definition) is 2. The number of hydrogen-bond donors (Lipinski definition) is 2. The van der Waals surface area contributed by atoms with Crippen LogP contribution in [-0.4, -0.2) is 23.9 Å². The Bertz CT molecular complexity index is 773. The normalized spacial score (nSPS) is 16.0. The standard InChI is InChI=1S/C22H28N2O2/c1-15(2)21(22(26)23-18-11-4-5-12-18)24-20(25)14-17-10-7-9-16-8-3-6-13-19(16)17/h3,6-10,13,15,18,21H,4-5,11-12,14H2,1-2H3,(H,23,26)(H,24,25)/t21-/m0/s1. The van der Waals surface area contributed by atoms with Crippen LogP contribution in [0.4, 0.5) is 0 Å². The summed E-state index contributed by atoms with van der Waals surface area (Å²) in [5, 5.41) is 8.27. The molecule has 1 saturated carbocycles. The molecule has 4 heteroatoms. The first-order chi connectivity index (χ1) is 12.5. The molecule has 26 heavy (non-hydrogen) atoms. The lowest BCUT2D eigenvalue weighted by Gasteiger charge is -2.24. The Morgan fingerprint density at radius 2 is 1.73 bits per heavy atom. The Hall–Kier alpha value is -2.36. The van der Waals surface area contributed by atoms with Gasteiger partial charge in [0.25, 0.3) is 0 Å². The highest BCUT2D eigenvalue weighted by Crippen LogP contribution is 2.20.